The minimum absolute atomic E-state index is 0.334. The van der Waals surface area contributed by atoms with E-state index in [9.17, 15) is 4.79 Å². The van der Waals surface area contributed by atoms with Gasteiger partial charge in [0.25, 0.3) is 0 Å². The second kappa shape index (κ2) is 6.31. The summed E-state index contributed by atoms with van der Waals surface area (Å²) in [4.78, 5) is 13.4. The Morgan fingerprint density at radius 3 is 2.52 bits per heavy atom. The van der Waals surface area contributed by atoms with Crippen LogP contribution in [0.2, 0.25) is 0 Å². The standard InChI is InChI=1S/C17H21NO2S/c1-5-13-14(12-8-7-10(3)11(4)9-12)15(16(18)21-13)17(19)20-6-2/h7-9H,5-6,18H2,1-4H3. The third-order valence-electron chi connectivity index (χ3n) is 3.60. The van der Waals surface area contributed by atoms with Crippen LogP contribution in [0.25, 0.3) is 11.1 Å². The number of nitrogens with two attached hydrogens (primary N) is 1. The van der Waals surface area contributed by atoms with Crippen LogP contribution in [0.15, 0.2) is 18.2 Å². The topological polar surface area (TPSA) is 52.3 Å². The highest BCUT2D eigenvalue weighted by Crippen LogP contribution is 2.40. The van der Waals surface area contributed by atoms with Gasteiger partial charge in [0.15, 0.2) is 0 Å². The van der Waals surface area contributed by atoms with Crippen molar-refractivity contribution < 1.29 is 9.53 Å². The van der Waals surface area contributed by atoms with Gasteiger partial charge in [-0.15, -0.1) is 11.3 Å². The zero-order chi connectivity index (χ0) is 15.6. The summed E-state index contributed by atoms with van der Waals surface area (Å²) in [6.07, 6.45) is 0.844. The molecule has 0 fully saturated rings. The fourth-order valence-electron chi connectivity index (χ4n) is 2.35. The van der Waals surface area contributed by atoms with Gasteiger partial charge in [0.2, 0.25) is 0 Å². The average Bonchev–Trinajstić information content (AvgIpc) is 2.79. The van der Waals surface area contributed by atoms with Crippen LogP contribution in [-0.2, 0) is 11.2 Å². The van der Waals surface area contributed by atoms with E-state index in [0.717, 1.165) is 22.4 Å². The average molecular weight is 303 g/mol. The van der Waals surface area contributed by atoms with Gasteiger partial charge >= 0.3 is 5.97 Å². The molecule has 0 unspecified atom stereocenters. The van der Waals surface area contributed by atoms with E-state index in [0.29, 0.717) is 17.2 Å². The van der Waals surface area contributed by atoms with Gasteiger partial charge in [-0.2, -0.15) is 0 Å². The van der Waals surface area contributed by atoms with Gasteiger partial charge in [-0.3, -0.25) is 0 Å². The van der Waals surface area contributed by atoms with Crippen molar-refractivity contribution >= 4 is 22.3 Å². The van der Waals surface area contributed by atoms with Gasteiger partial charge in [-0.25, -0.2) is 4.79 Å². The Labute approximate surface area is 129 Å². The van der Waals surface area contributed by atoms with Crippen LogP contribution >= 0.6 is 11.3 Å². The Morgan fingerprint density at radius 1 is 1.24 bits per heavy atom. The van der Waals surface area contributed by atoms with E-state index in [-0.39, 0.29) is 5.97 Å². The number of rotatable bonds is 4. The molecule has 1 heterocycles. The molecule has 1 aromatic carbocycles. The molecule has 0 aliphatic rings. The van der Waals surface area contributed by atoms with Gasteiger partial charge in [0.05, 0.1) is 6.61 Å². The molecular weight excluding hydrogens is 282 g/mol. The number of esters is 1. The minimum Gasteiger partial charge on any atom is -0.462 e. The lowest BCUT2D eigenvalue weighted by Gasteiger charge is -2.09. The maximum absolute atomic E-state index is 12.2. The molecule has 0 atom stereocenters. The van der Waals surface area contributed by atoms with Gasteiger partial charge < -0.3 is 10.5 Å². The fraction of sp³-hybridized carbons (Fsp3) is 0.353. The molecule has 112 valence electrons. The van der Waals surface area contributed by atoms with Crippen LogP contribution in [0.3, 0.4) is 0 Å². The summed E-state index contributed by atoms with van der Waals surface area (Å²) in [5.41, 5.74) is 11.0. The Hall–Kier alpha value is -1.81. The Bertz CT molecular complexity index is 674. The first-order valence-corrected chi connectivity index (χ1v) is 7.97. The second-order valence-electron chi connectivity index (χ2n) is 5.01. The summed E-state index contributed by atoms with van der Waals surface area (Å²) in [5, 5.41) is 0.540. The van der Waals surface area contributed by atoms with Crippen LogP contribution in [0.5, 0.6) is 0 Å². The van der Waals surface area contributed by atoms with Gasteiger partial charge in [0.1, 0.15) is 10.6 Å². The van der Waals surface area contributed by atoms with Crippen molar-refractivity contribution in [2.75, 3.05) is 12.3 Å². The van der Waals surface area contributed by atoms with Crippen molar-refractivity contribution in [3.63, 3.8) is 0 Å². The molecule has 0 radical (unpaired) electrons. The van der Waals surface area contributed by atoms with E-state index < -0.39 is 0 Å². The fourth-order valence-corrected chi connectivity index (χ4v) is 3.37. The summed E-state index contributed by atoms with van der Waals surface area (Å²) in [7, 11) is 0. The summed E-state index contributed by atoms with van der Waals surface area (Å²) in [5.74, 6) is -0.334. The van der Waals surface area contributed by atoms with E-state index in [1.807, 2.05) is 6.07 Å². The Kier molecular flexibility index (Phi) is 4.68. The first-order valence-electron chi connectivity index (χ1n) is 7.15. The number of ether oxygens (including phenoxy) is 1. The van der Waals surface area contributed by atoms with Crippen molar-refractivity contribution in [1.29, 1.82) is 0 Å². The maximum atomic E-state index is 12.2. The van der Waals surface area contributed by atoms with E-state index in [1.54, 1.807) is 6.92 Å². The summed E-state index contributed by atoms with van der Waals surface area (Å²) < 4.78 is 5.17. The highest BCUT2D eigenvalue weighted by atomic mass is 32.1. The van der Waals surface area contributed by atoms with Crippen LogP contribution in [0.1, 0.15) is 40.2 Å². The first kappa shape index (κ1) is 15.6. The molecule has 4 heteroatoms. The van der Waals surface area contributed by atoms with Crippen LogP contribution in [-0.4, -0.2) is 12.6 Å². The molecule has 0 aliphatic heterocycles. The van der Waals surface area contributed by atoms with E-state index in [1.165, 1.54) is 22.5 Å². The van der Waals surface area contributed by atoms with E-state index in [2.05, 4.69) is 32.9 Å². The highest BCUT2D eigenvalue weighted by Gasteiger charge is 2.23. The zero-order valence-corrected chi connectivity index (χ0v) is 13.8. The lowest BCUT2D eigenvalue weighted by Crippen LogP contribution is -2.07. The van der Waals surface area contributed by atoms with Gasteiger partial charge in [-0.1, -0.05) is 25.1 Å². The molecule has 2 N–H and O–H groups in total. The summed E-state index contributed by atoms with van der Waals surface area (Å²) in [6, 6.07) is 6.23. The molecule has 2 rings (SSSR count). The van der Waals surface area contributed by atoms with Crippen molar-refractivity contribution in [3.8, 4) is 11.1 Å². The maximum Gasteiger partial charge on any atom is 0.341 e. The molecule has 0 saturated heterocycles. The number of carbonyl (C=O) groups excluding carboxylic acids is 1. The molecule has 21 heavy (non-hydrogen) atoms. The molecule has 0 amide bonds. The molecule has 0 bridgehead atoms. The number of benzene rings is 1. The first-order chi connectivity index (χ1) is 9.99. The van der Waals surface area contributed by atoms with Crippen molar-refractivity contribution in [1.82, 2.24) is 0 Å². The number of aryl methyl sites for hydroxylation is 3. The second-order valence-corrected chi connectivity index (χ2v) is 6.15. The van der Waals surface area contributed by atoms with Crippen LogP contribution in [0, 0.1) is 13.8 Å². The number of nitrogen functional groups attached to an aromatic ring is 1. The smallest absolute Gasteiger partial charge is 0.341 e. The van der Waals surface area contributed by atoms with E-state index >= 15 is 0 Å². The summed E-state index contributed by atoms with van der Waals surface area (Å²) >= 11 is 1.48. The van der Waals surface area contributed by atoms with Crippen molar-refractivity contribution in [3.05, 3.63) is 39.8 Å². The molecule has 3 nitrogen and oxygen atoms in total. The van der Waals surface area contributed by atoms with Crippen molar-refractivity contribution in [2.45, 2.75) is 34.1 Å². The predicted octanol–water partition coefficient (Wildman–Crippen LogP) is 4.35. The summed E-state index contributed by atoms with van der Waals surface area (Å²) in [6.45, 7) is 8.38. The van der Waals surface area contributed by atoms with Gasteiger partial charge in [0, 0.05) is 10.4 Å². The van der Waals surface area contributed by atoms with Crippen LogP contribution < -0.4 is 5.73 Å². The predicted molar refractivity (Wildman–Crippen MR) is 89.0 cm³/mol. The Balaban J connectivity index is 2.65. The molecule has 2 aromatic rings. The molecular formula is C17H21NO2S. The molecule has 1 aromatic heterocycles. The number of thiophene rings is 1. The number of carbonyl (C=O) groups is 1. The Morgan fingerprint density at radius 2 is 1.95 bits per heavy atom. The largest absolute Gasteiger partial charge is 0.462 e. The highest BCUT2D eigenvalue weighted by molar-refractivity contribution is 7.17. The lowest BCUT2D eigenvalue weighted by atomic mass is 9.97. The molecule has 0 saturated carbocycles. The van der Waals surface area contributed by atoms with E-state index in [4.69, 9.17) is 10.5 Å². The number of hydrogen-bond acceptors (Lipinski definition) is 4. The lowest BCUT2D eigenvalue weighted by molar-refractivity contribution is 0.0529. The van der Waals surface area contributed by atoms with Crippen LogP contribution in [0.4, 0.5) is 5.00 Å². The minimum atomic E-state index is -0.334. The third-order valence-corrected chi connectivity index (χ3v) is 4.77. The van der Waals surface area contributed by atoms with Gasteiger partial charge in [-0.05, 0) is 43.9 Å². The number of anilines is 1. The number of hydrogen-bond donors (Lipinski definition) is 1. The monoisotopic (exact) mass is 303 g/mol. The third kappa shape index (κ3) is 2.95. The normalized spacial score (nSPS) is 10.7. The quantitative estimate of drug-likeness (QED) is 0.854. The van der Waals surface area contributed by atoms with Crippen molar-refractivity contribution in [2.24, 2.45) is 0 Å². The SMILES string of the molecule is CCOC(=O)c1c(N)sc(CC)c1-c1ccc(C)c(C)c1. The molecule has 0 spiro atoms. The zero-order valence-electron chi connectivity index (χ0n) is 12.9. The molecule has 0 aliphatic carbocycles.